The van der Waals surface area contributed by atoms with Crippen molar-refractivity contribution in [3.8, 4) is 12.3 Å². The van der Waals surface area contributed by atoms with Crippen molar-refractivity contribution >= 4 is 17.3 Å². The van der Waals surface area contributed by atoms with Gasteiger partial charge in [-0.05, 0) is 18.2 Å². The molecule has 23 heavy (non-hydrogen) atoms. The van der Waals surface area contributed by atoms with E-state index in [0.717, 1.165) is 11.4 Å². The van der Waals surface area contributed by atoms with Crippen LogP contribution in [-0.4, -0.2) is 31.7 Å². The standard InChI is InChI=1S/C17H19FN4O/c1-3-4-8-17(19-20-17)9-7-16(23)22-11-10-21(2)15-12-13(18)5-6-14(15)22/h1,5-6,12H,4,7-11H2,2H3. The molecular formula is C17H19FN4O. The monoisotopic (exact) mass is 314 g/mol. The van der Waals surface area contributed by atoms with Crippen LogP contribution in [0.25, 0.3) is 0 Å². The van der Waals surface area contributed by atoms with Crippen LogP contribution >= 0.6 is 0 Å². The lowest BCUT2D eigenvalue weighted by atomic mass is 10.0. The van der Waals surface area contributed by atoms with Crippen LogP contribution in [0.4, 0.5) is 15.8 Å². The predicted octanol–water partition coefficient (Wildman–Crippen LogP) is 2.96. The Morgan fingerprint density at radius 3 is 2.83 bits per heavy atom. The highest BCUT2D eigenvalue weighted by atomic mass is 19.1. The van der Waals surface area contributed by atoms with Crippen LogP contribution in [0.1, 0.15) is 25.7 Å². The average Bonchev–Trinajstić information content (AvgIpc) is 3.32. The maximum absolute atomic E-state index is 13.5. The second-order valence-electron chi connectivity index (χ2n) is 5.99. The second-order valence-corrected chi connectivity index (χ2v) is 5.99. The summed E-state index contributed by atoms with van der Waals surface area (Å²) in [6.07, 6.45) is 7.51. The van der Waals surface area contributed by atoms with Gasteiger partial charge in [-0.25, -0.2) is 4.39 Å². The number of anilines is 2. The molecule has 0 spiro atoms. The van der Waals surface area contributed by atoms with E-state index in [2.05, 4.69) is 16.1 Å². The maximum atomic E-state index is 13.5. The molecule has 1 aromatic carbocycles. The van der Waals surface area contributed by atoms with Gasteiger partial charge in [-0.15, -0.1) is 12.3 Å². The van der Waals surface area contributed by atoms with Crippen LogP contribution in [0, 0.1) is 18.2 Å². The zero-order valence-electron chi connectivity index (χ0n) is 13.1. The molecule has 0 N–H and O–H groups in total. The molecule has 120 valence electrons. The van der Waals surface area contributed by atoms with Gasteiger partial charge in [-0.3, -0.25) is 4.79 Å². The van der Waals surface area contributed by atoms with Gasteiger partial charge in [-0.1, -0.05) is 0 Å². The minimum atomic E-state index is -0.444. The summed E-state index contributed by atoms with van der Waals surface area (Å²) < 4.78 is 13.5. The highest BCUT2D eigenvalue weighted by molar-refractivity contribution is 5.97. The highest BCUT2D eigenvalue weighted by Gasteiger charge is 2.40. The van der Waals surface area contributed by atoms with Crippen molar-refractivity contribution in [1.82, 2.24) is 0 Å². The number of amides is 1. The molecule has 2 aliphatic heterocycles. The first-order chi connectivity index (χ1) is 11.0. The molecule has 6 heteroatoms. The van der Waals surface area contributed by atoms with Gasteiger partial charge in [0.05, 0.1) is 11.4 Å². The molecule has 0 radical (unpaired) electrons. The van der Waals surface area contributed by atoms with Crippen molar-refractivity contribution < 1.29 is 9.18 Å². The van der Waals surface area contributed by atoms with Crippen LogP contribution in [0.15, 0.2) is 28.4 Å². The SMILES string of the molecule is C#CCCC1(CCC(=O)N2CCN(C)c3cc(F)ccc32)N=N1. The first kappa shape index (κ1) is 15.5. The van der Waals surface area contributed by atoms with Gasteiger partial charge >= 0.3 is 0 Å². The molecule has 0 fully saturated rings. The topological polar surface area (TPSA) is 48.3 Å². The van der Waals surface area contributed by atoms with Crippen LogP contribution in [-0.2, 0) is 4.79 Å². The summed E-state index contributed by atoms with van der Waals surface area (Å²) in [6.45, 7) is 1.28. The smallest absolute Gasteiger partial charge is 0.227 e. The number of terminal acetylenes is 1. The van der Waals surface area contributed by atoms with Gasteiger partial charge < -0.3 is 9.80 Å². The Morgan fingerprint density at radius 1 is 1.35 bits per heavy atom. The number of benzene rings is 1. The first-order valence-corrected chi connectivity index (χ1v) is 7.73. The van der Waals surface area contributed by atoms with Gasteiger partial charge in [0.15, 0.2) is 5.66 Å². The zero-order valence-corrected chi connectivity index (χ0v) is 13.1. The van der Waals surface area contributed by atoms with Gasteiger partial charge in [0, 0.05) is 45.8 Å². The lowest BCUT2D eigenvalue weighted by Gasteiger charge is -2.35. The summed E-state index contributed by atoms with van der Waals surface area (Å²) in [6, 6.07) is 4.52. The van der Waals surface area contributed by atoms with Gasteiger partial charge in [0.1, 0.15) is 5.82 Å². The van der Waals surface area contributed by atoms with E-state index in [4.69, 9.17) is 6.42 Å². The van der Waals surface area contributed by atoms with Gasteiger partial charge in [-0.2, -0.15) is 10.2 Å². The van der Waals surface area contributed by atoms with Crippen LogP contribution in [0.5, 0.6) is 0 Å². The van der Waals surface area contributed by atoms with Crippen molar-refractivity contribution in [1.29, 1.82) is 0 Å². The van der Waals surface area contributed by atoms with E-state index in [1.54, 1.807) is 11.0 Å². The Kier molecular flexibility index (Phi) is 4.03. The molecule has 0 atom stereocenters. The third-order valence-corrected chi connectivity index (χ3v) is 4.39. The molecule has 3 rings (SSSR count). The number of likely N-dealkylation sites (N-methyl/N-ethyl adjacent to an activating group) is 1. The molecule has 0 saturated heterocycles. The molecule has 0 unspecified atom stereocenters. The molecule has 0 bridgehead atoms. The molecule has 2 aliphatic rings. The summed E-state index contributed by atoms with van der Waals surface area (Å²) >= 11 is 0. The number of carbonyl (C=O) groups is 1. The number of halogens is 1. The first-order valence-electron chi connectivity index (χ1n) is 7.73. The Hall–Kier alpha value is -2.42. The normalized spacial score (nSPS) is 17.6. The molecule has 1 aromatic rings. The van der Waals surface area contributed by atoms with Crippen LogP contribution < -0.4 is 9.80 Å². The molecule has 0 aliphatic carbocycles. The molecular weight excluding hydrogens is 295 g/mol. The van der Waals surface area contributed by atoms with Crippen molar-refractivity contribution in [2.45, 2.75) is 31.3 Å². The van der Waals surface area contributed by atoms with E-state index < -0.39 is 5.66 Å². The van der Waals surface area contributed by atoms with Gasteiger partial charge in [0.2, 0.25) is 5.91 Å². The summed E-state index contributed by atoms with van der Waals surface area (Å²) in [7, 11) is 1.90. The molecule has 2 heterocycles. The summed E-state index contributed by atoms with van der Waals surface area (Å²) in [5, 5.41) is 8.11. The molecule has 1 amide bonds. The quantitative estimate of drug-likeness (QED) is 0.785. The largest absolute Gasteiger partial charge is 0.371 e. The lowest BCUT2D eigenvalue weighted by Crippen LogP contribution is -2.43. The van der Waals surface area contributed by atoms with E-state index in [0.29, 0.717) is 38.8 Å². The van der Waals surface area contributed by atoms with E-state index >= 15 is 0 Å². The van der Waals surface area contributed by atoms with Crippen LogP contribution in [0.3, 0.4) is 0 Å². The van der Waals surface area contributed by atoms with E-state index in [1.165, 1.54) is 12.1 Å². The summed E-state index contributed by atoms with van der Waals surface area (Å²) in [4.78, 5) is 16.3. The Bertz CT molecular complexity index is 688. The molecule has 5 nitrogen and oxygen atoms in total. The Labute approximate surface area is 135 Å². The van der Waals surface area contributed by atoms with Crippen molar-refractivity contribution in [3.05, 3.63) is 24.0 Å². The number of nitrogens with zero attached hydrogens (tertiary/aromatic N) is 4. The van der Waals surface area contributed by atoms with E-state index in [9.17, 15) is 9.18 Å². The summed E-state index contributed by atoms with van der Waals surface area (Å²) in [5.74, 6) is 2.30. The third kappa shape index (κ3) is 3.19. The number of fused-ring (bicyclic) bond motifs is 1. The fraction of sp³-hybridized carbons (Fsp3) is 0.471. The summed E-state index contributed by atoms with van der Waals surface area (Å²) in [5.41, 5.74) is 1.06. The van der Waals surface area contributed by atoms with Crippen molar-refractivity contribution in [2.24, 2.45) is 10.2 Å². The molecule has 0 aromatic heterocycles. The minimum Gasteiger partial charge on any atom is -0.371 e. The van der Waals surface area contributed by atoms with Gasteiger partial charge in [0.25, 0.3) is 0 Å². The molecule has 0 saturated carbocycles. The highest BCUT2D eigenvalue weighted by Crippen LogP contribution is 2.39. The van der Waals surface area contributed by atoms with E-state index in [1.807, 2.05) is 11.9 Å². The lowest BCUT2D eigenvalue weighted by molar-refractivity contribution is -0.118. The Balaban J connectivity index is 1.67. The van der Waals surface area contributed by atoms with Crippen LogP contribution in [0.2, 0.25) is 0 Å². The average molecular weight is 314 g/mol. The Morgan fingerprint density at radius 2 is 2.13 bits per heavy atom. The fourth-order valence-electron chi connectivity index (χ4n) is 2.89. The number of rotatable bonds is 5. The van der Waals surface area contributed by atoms with Crippen molar-refractivity contribution in [2.75, 3.05) is 29.9 Å². The maximum Gasteiger partial charge on any atom is 0.227 e. The van der Waals surface area contributed by atoms with Crippen molar-refractivity contribution in [3.63, 3.8) is 0 Å². The number of hydrogen-bond acceptors (Lipinski definition) is 4. The third-order valence-electron chi connectivity index (χ3n) is 4.39. The predicted molar refractivity (Wildman–Crippen MR) is 86.9 cm³/mol. The fourth-order valence-corrected chi connectivity index (χ4v) is 2.89. The number of carbonyl (C=O) groups excluding carboxylic acids is 1. The van der Waals surface area contributed by atoms with E-state index in [-0.39, 0.29) is 11.7 Å². The number of hydrogen-bond donors (Lipinski definition) is 0. The minimum absolute atomic E-state index is 0.0170. The zero-order chi connectivity index (χ0) is 16.4. The second kappa shape index (κ2) is 5.99.